The second kappa shape index (κ2) is 7.94. The van der Waals surface area contributed by atoms with Gasteiger partial charge in [-0.15, -0.1) is 11.3 Å². The Hall–Kier alpha value is -2.99. The maximum absolute atomic E-state index is 13.0. The number of carbonyl (C=O) groups is 1. The van der Waals surface area contributed by atoms with Crippen LogP contribution in [0.3, 0.4) is 0 Å². The molecule has 0 fully saturated rings. The number of halogens is 1. The number of carbonyl (C=O) groups excluding carboxylic acids is 1. The Bertz CT molecular complexity index is 1100. The summed E-state index contributed by atoms with van der Waals surface area (Å²) in [6.45, 7) is 0. The average molecular weight is 394 g/mol. The fourth-order valence-corrected chi connectivity index (χ4v) is 3.90. The first kappa shape index (κ1) is 18.4. The SMILES string of the molecule is COc1ccc(C(=O)CCCc2ccc(F)cc2)c2nc(-c3cccs3)[nH]c12. The molecular formula is C22H19FN2O2S. The van der Waals surface area contributed by atoms with Gasteiger partial charge in [-0.1, -0.05) is 18.2 Å². The van der Waals surface area contributed by atoms with Gasteiger partial charge in [0.25, 0.3) is 0 Å². The lowest BCUT2D eigenvalue weighted by atomic mass is 10.0. The van der Waals surface area contributed by atoms with Gasteiger partial charge in [-0.3, -0.25) is 4.79 Å². The van der Waals surface area contributed by atoms with Crippen LogP contribution in [-0.2, 0) is 6.42 Å². The van der Waals surface area contributed by atoms with Crippen molar-refractivity contribution in [1.29, 1.82) is 0 Å². The molecule has 0 aliphatic heterocycles. The zero-order chi connectivity index (χ0) is 19.5. The van der Waals surface area contributed by atoms with Gasteiger partial charge in [0.2, 0.25) is 0 Å². The molecule has 2 aromatic carbocycles. The number of hydrogen-bond donors (Lipinski definition) is 1. The molecule has 0 amide bonds. The fourth-order valence-electron chi connectivity index (χ4n) is 3.23. The Morgan fingerprint density at radius 1 is 1.18 bits per heavy atom. The standard InChI is InChI=1S/C22H19FN2O2S/c1-27-18-12-11-16(17(26)5-2-4-14-7-9-15(23)10-8-14)20-21(18)25-22(24-20)19-6-3-13-28-19/h3,6-13H,2,4-5H2,1H3,(H,24,25). The molecule has 4 aromatic rings. The van der Waals surface area contributed by atoms with E-state index in [0.717, 1.165) is 28.2 Å². The van der Waals surface area contributed by atoms with Crippen molar-refractivity contribution < 1.29 is 13.9 Å². The molecule has 28 heavy (non-hydrogen) atoms. The first-order chi connectivity index (χ1) is 13.7. The maximum Gasteiger partial charge on any atom is 0.165 e. The zero-order valence-corrected chi connectivity index (χ0v) is 16.2. The van der Waals surface area contributed by atoms with Crippen molar-refractivity contribution in [2.24, 2.45) is 0 Å². The van der Waals surface area contributed by atoms with Crippen LogP contribution in [0.4, 0.5) is 4.39 Å². The molecule has 2 aromatic heterocycles. The van der Waals surface area contributed by atoms with Crippen LogP contribution in [0.5, 0.6) is 5.75 Å². The Morgan fingerprint density at radius 3 is 2.71 bits per heavy atom. The van der Waals surface area contributed by atoms with E-state index in [0.29, 0.717) is 29.7 Å². The van der Waals surface area contributed by atoms with Gasteiger partial charge in [-0.25, -0.2) is 9.37 Å². The number of fused-ring (bicyclic) bond motifs is 1. The summed E-state index contributed by atoms with van der Waals surface area (Å²) in [5, 5.41) is 1.99. The molecule has 0 saturated heterocycles. The van der Waals surface area contributed by atoms with Crippen molar-refractivity contribution in [2.75, 3.05) is 7.11 Å². The summed E-state index contributed by atoms with van der Waals surface area (Å²) in [6, 6.07) is 13.9. The molecule has 1 N–H and O–H groups in total. The number of methoxy groups -OCH3 is 1. The highest BCUT2D eigenvalue weighted by molar-refractivity contribution is 7.13. The Morgan fingerprint density at radius 2 is 2.00 bits per heavy atom. The number of aromatic nitrogens is 2. The Labute approximate surface area is 166 Å². The van der Waals surface area contributed by atoms with E-state index in [2.05, 4.69) is 9.97 Å². The highest BCUT2D eigenvalue weighted by atomic mass is 32.1. The molecule has 0 radical (unpaired) electrons. The number of rotatable bonds is 7. The molecule has 142 valence electrons. The first-order valence-corrected chi connectivity index (χ1v) is 9.92. The van der Waals surface area contributed by atoms with Crippen LogP contribution in [0.25, 0.3) is 21.7 Å². The number of imidazole rings is 1. The predicted octanol–water partition coefficient (Wildman–Crippen LogP) is 5.64. The van der Waals surface area contributed by atoms with Gasteiger partial charge in [0.05, 0.1) is 12.0 Å². The summed E-state index contributed by atoms with van der Waals surface area (Å²) in [5.74, 6) is 1.18. The van der Waals surface area contributed by atoms with Crippen molar-refractivity contribution in [3.05, 3.63) is 70.9 Å². The number of nitrogens with zero attached hydrogens (tertiary/aromatic N) is 1. The number of ether oxygens (including phenoxy) is 1. The quantitative estimate of drug-likeness (QED) is 0.412. The van der Waals surface area contributed by atoms with Gasteiger partial charge < -0.3 is 9.72 Å². The van der Waals surface area contributed by atoms with Crippen molar-refractivity contribution in [2.45, 2.75) is 19.3 Å². The van der Waals surface area contributed by atoms with E-state index in [1.165, 1.54) is 12.1 Å². The lowest BCUT2D eigenvalue weighted by Crippen LogP contribution is -2.02. The van der Waals surface area contributed by atoms with E-state index >= 15 is 0 Å². The van der Waals surface area contributed by atoms with Crippen LogP contribution in [-0.4, -0.2) is 22.9 Å². The topological polar surface area (TPSA) is 55.0 Å². The number of ketones is 1. The summed E-state index contributed by atoms with van der Waals surface area (Å²) < 4.78 is 18.4. The largest absolute Gasteiger partial charge is 0.494 e. The van der Waals surface area contributed by atoms with Crippen LogP contribution in [0.1, 0.15) is 28.8 Å². The molecule has 6 heteroatoms. The third-order valence-electron chi connectivity index (χ3n) is 4.66. The van der Waals surface area contributed by atoms with E-state index in [1.807, 2.05) is 17.5 Å². The maximum atomic E-state index is 13.0. The molecule has 2 heterocycles. The van der Waals surface area contributed by atoms with E-state index in [4.69, 9.17) is 4.74 Å². The number of thiophene rings is 1. The number of aromatic amines is 1. The van der Waals surface area contributed by atoms with Crippen molar-refractivity contribution in [3.63, 3.8) is 0 Å². The minimum Gasteiger partial charge on any atom is -0.494 e. The summed E-state index contributed by atoms with van der Waals surface area (Å²) in [5.41, 5.74) is 2.98. The lowest BCUT2D eigenvalue weighted by Gasteiger charge is -2.06. The minimum atomic E-state index is -0.250. The molecule has 0 unspecified atom stereocenters. The molecule has 0 aliphatic carbocycles. The molecule has 0 aliphatic rings. The fraction of sp³-hybridized carbons (Fsp3) is 0.182. The summed E-state index contributed by atoms with van der Waals surface area (Å²) in [6.07, 6.45) is 1.83. The second-order valence-corrected chi connectivity index (χ2v) is 7.45. The normalized spacial score (nSPS) is 11.1. The zero-order valence-electron chi connectivity index (χ0n) is 15.4. The van der Waals surface area contributed by atoms with Gasteiger partial charge in [0.1, 0.15) is 28.4 Å². The van der Waals surface area contributed by atoms with Crippen LogP contribution in [0, 0.1) is 5.82 Å². The molecule has 4 nitrogen and oxygen atoms in total. The average Bonchev–Trinajstić information content (AvgIpc) is 3.38. The van der Waals surface area contributed by atoms with E-state index in [-0.39, 0.29) is 11.6 Å². The summed E-state index contributed by atoms with van der Waals surface area (Å²) >= 11 is 1.59. The summed E-state index contributed by atoms with van der Waals surface area (Å²) in [4.78, 5) is 21.8. The number of benzene rings is 2. The highest BCUT2D eigenvalue weighted by Crippen LogP contribution is 2.32. The van der Waals surface area contributed by atoms with E-state index in [9.17, 15) is 9.18 Å². The molecule has 0 spiro atoms. The van der Waals surface area contributed by atoms with Gasteiger partial charge in [-0.05, 0) is 54.1 Å². The number of H-pyrrole nitrogens is 1. The van der Waals surface area contributed by atoms with Gasteiger partial charge in [0, 0.05) is 12.0 Å². The van der Waals surface area contributed by atoms with Gasteiger partial charge in [0.15, 0.2) is 5.78 Å². The number of hydrogen-bond acceptors (Lipinski definition) is 4. The molecule has 0 saturated carbocycles. The van der Waals surface area contributed by atoms with Crippen molar-refractivity contribution >= 4 is 28.2 Å². The van der Waals surface area contributed by atoms with Crippen LogP contribution < -0.4 is 4.74 Å². The monoisotopic (exact) mass is 394 g/mol. The van der Waals surface area contributed by atoms with Gasteiger partial charge >= 0.3 is 0 Å². The third-order valence-corrected chi connectivity index (χ3v) is 5.54. The second-order valence-electron chi connectivity index (χ2n) is 6.50. The van der Waals surface area contributed by atoms with E-state index in [1.54, 1.807) is 42.7 Å². The van der Waals surface area contributed by atoms with Crippen LogP contribution in [0.2, 0.25) is 0 Å². The number of aryl methyl sites for hydroxylation is 1. The third kappa shape index (κ3) is 3.68. The van der Waals surface area contributed by atoms with Crippen LogP contribution >= 0.6 is 11.3 Å². The number of Topliss-reactive ketones (excluding diaryl/α,β-unsaturated/α-hetero) is 1. The molecule has 0 atom stereocenters. The molecular weight excluding hydrogens is 375 g/mol. The van der Waals surface area contributed by atoms with Crippen molar-refractivity contribution in [1.82, 2.24) is 9.97 Å². The molecule has 4 rings (SSSR count). The summed E-state index contributed by atoms with van der Waals surface area (Å²) in [7, 11) is 1.60. The predicted molar refractivity (Wildman–Crippen MR) is 110 cm³/mol. The first-order valence-electron chi connectivity index (χ1n) is 9.04. The van der Waals surface area contributed by atoms with E-state index < -0.39 is 0 Å². The number of nitrogens with one attached hydrogen (secondary N) is 1. The smallest absolute Gasteiger partial charge is 0.165 e. The molecule has 0 bridgehead atoms. The van der Waals surface area contributed by atoms with Crippen molar-refractivity contribution in [3.8, 4) is 16.5 Å². The highest BCUT2D eigenvalue weighted by Gasteiger charge is 2.18. The van der Waals surface area contributed by atoms with Crippen LogP contribution in [0.15, 0.2) is 53.9 Å². The lowest BCUT2D eigenvalue weighted by molar-refractivity contribution is 0.0981. The van der Waals surface area contributed by atoms with Gasteiger partial charge in [-0.2, -0.15) is 0 Å². The minimum absolute atomic E-state index is 0.0407. The Kier molecular flexibility index (Phi) is 5.21. The Balaban J connectivity index is 1.57.